The van der Waals surface area contributed by atoms with Crippen molar-refractivity contribution in [1.82, 2.24) is 9.88 Å². The first-order chi connectivity index (χ1) is 17.2. The summed E-state index contributed by atoms with van der Waals surface area (Å²) in [5, 5.41) is 12.8. The van der Waals surface area contributed by atoms with Crippen molar-refractivity contribution in [1.29, 1.82) is 0 Å². The number of nitrogens with one attached hydrogen (secondary N) is 1. The molecule has 4 rings (SSSR count). The molecule has 1 aromatic heterocycles. The van der Waals surface area contributed by atoms with Gasteiger partial charge in [-0.25, -0.2) is 9.78 Å². The number of rotatable bonds is 7. The third-order valence-corrected chi connectivity index (χ3v) is 5.89. The lowest BCUT2D eigenvalue weighted by Gasteiger charge is -2.31. The Morgan fingerprint density at radius 2 is 1.89 bits per heavy atom. The maximum Gasteiger partial charge on any atom is 0.410 e. The zero-order valence-electron chi connectivity index (χ0n) is 20.7. The number of likely N-dealkylation sites (tertiary alicyclic amines) is 1. The number of nitrogens with zero attached hydrogens (tertiary/aromatic N) is 2. The summed E-state index contributed by atoms with van der Waals surface area (Å²) in [5.41, 5.74) is 9.39. The van der Waals surface area contributed by atoms with E-state index in [1.165, 1.54) is 0 Å². The number of aliphatic hydroxyl groups is 1. The Labute approximate surface area is 209 Å². The zero-order chi connectivity index (χ0) is 25.8. The molecule has 1 unspecified atom stereocenters. The van der Waals surface area contributed by atoms with Gasteiger partial charge in [0, 0.05) is 35.6 Å². The summed E-state index contributed by atoms with van der Waals surface area (Å²) in [4.78, 5) is 30.5. The fourth-order valence-electron chi connectivity index (χ4n) is 4.08. The Kier molecular flexibility index (Phi) is 7.76. The largest absolute Gasteiger partial charge is 0.447 e. The lowest BCUT2D eigenvalue weighted by molar-refractivity contribution is -0.123. The first-order valence-corrected chi connectivity index (χ1v) is 12.0. The number of oxazole rings is 1. The number of anilines is 2. The van der Waals surface area contributed by atoms with Crippen molar-refractivity contribution in [3.05, 3.63) is 42.0 Å². The Balaban J connectivity index is 1.29. The van der Waals surface area contributed by atoms with Crippen LogP contribution in [-0.4, -0.2) is 58.9 Å². The standard InChI is InChI=1S/C26H32N4O6/c1-15(2)35-26(33)30-10-8-20(9-11-30)34-14-23(32)28-19-6-4-17(5-7-19)25-29-22-13-18(27)12-21(16(3)31)24(22)36-25/h4-7,12-13,15-16,20,31H,8-11,14,27H2,1-3H3,(H,28,32). The average Bonchev–Trinajstić information content (AvgIpc) is 3.26. The predicted molar refractivity (Wildman–Crippen MR) is 135 cm³/mol. The van der Waals surface area contributed by atoms with E-state index in [0.29, 0.717) is 59.9 Å². The molecule has 2 aromatic carbocycles. The minimum absolute atomic E-state index is 0.0719. The third-order valence-electron chi connectivity index (χ3n) is 5.89. The van der Waals surface area contributed by atoms with Gasteiger partial charge in [-0.15, -0.1) is 0 Å². The van der Waals surface area contributed by atoms with Crippen LogP contribution in [0.1, 0.15) is 45.3 Å². The molecule has 2 amide bonds. The smallest absolute Gasteiger partial charge is 0.410 e. The van der Waals surface area contributed by atoms with E-state index in [1.54, 1.807) is 48.2 Å². The lowest BCUT2D eigenvalue weighted by atomic mass is 10.1. The van der Waals surface area contributed by atoms with Gasteiger partial charge in [0.05, 0.1) is 18.3 Å². The SMILES string of the molecule is CC(C)OC(=O)N1CCC(OCC(=O)Nc2ccc(-c3nc4cc(N)cc(C(C)O)c4o3)cc2)CC1. The van der Waals surface area contributed by atoms with Crippen LogP contribution in [-0.2, 0) is 14.3 Å². The van der Waals surface area contributed by atoms with Crippen LogP contribution in [0.15, 0.2) is 40.8 Å². The third kappa shape index (κ3) is 6.13. The van der Waals surface area contributed by atoms with Gasteiger partial charge < -0.3 is 34.9 Å². The summed E-state index contributed by atoms with van der Waals surface area (Å²) in [6.07, 6.45) is 0.0208. The van der Waals surface area contributed by atoms with E-state index in [0.717, 1.165) is 5.56 Å². The van der Waals surface area contributed by atoms with Gasteiger partial charge in [-0.3, -0.25) is 4.79 Å². The molecule has 10 nitrogen and oxygen atoms in total. The summed E-state index contributed by atoms with van der Waals surface area (Å²) in [6.45, 7) is 6.30. The maximum atomic E-state index is 12.4. The van der Waals surface area contributed by atoms with E-state index in [2.05, 4.69) is 10.3 Å². The fourth-order valence-corrected chi connectivity index (χ4v) is 4.08. The second kappa shape index (κ2) is 11.0. The van der Waals surface area contributed by atoms with Crippen molar-refractivity contribution in [2.75, 3.05) is 30.7 Å². The van der Waals surface area contributed by atoms with Gasteiger partial charge in [0.1, 0.15) is 12.1 Å². The molecule has 0 aliphatic carbocycles. The van der Waals surface area contributed by atoms with Crippen LogP contribution in [0.4, 0.5) is 16.2 Å². The van der Waals surface area contributed by atoms with E-state index in [1.807, 2.05) is 13.8 Å². The normalized spacial score (nSPS) is 15.3. The minimum Gasteiger partial charge on any atom is -0.447 e. The predicted octanol–water partition coefficient (Wildman–Crippen LogP) is 4.09. The van der Waals surface area contributed by atoms with Gasteiger partial charge in [-0.1, -0.05) is 0 Å². The Hall–Kier alpha value is -3.63. The van der Waals surface area contributed by atoms with Crippen molar-refractivity contribution in [3.8, 4) is 11.5 Å². The highest BCUT2D eigenvalue weighted by atomic mass is 16.6. The molecule has 36 heavy (non-hydrogen) atoms. The summed E-state index contributed by atoms with van der Waals surface area (Å²) in [5.74, 6) is 0.130. The molecule has 192 valence electrons. The highest BCUT2D eigenvalue weighted by Gasteiger charge is 2.25. The van der Waals surface area contributed by atoms with Gasteiger partial charge in [0.15, 0.2) is 5.58 Å². The number of fused-ring (bicyclic) bond motifs is 1. The van der Waals surface area contributed by atoms with Crippen LogP contribution in [0.25, 0.3) is 22.6 Å². The maximum absolute atomic E-state index is 12.4. The van der Waals surface area contributed by atoms with Crippen molar-refractivity contribution >= 4 is 34.5 Å². The number of hydrogen-bond acceptors (Lipinski definition) is 8. The molecule has 0 bridgehead atoms. The molecule has 0 radical (unpaired) electrons. The first-order valence-electron chi connectivity index (χ1n) is 12.0. The molecular weight excluding hydrogens is 464 g/mol. The quantitative estimate of drug-likeness (QED) is 0.416. The van der Waals surface area contributed by atoms with E-state index >= 15 is 0 Å². The first kappa shape index (κ1) is 25.5. The van der Waals surface area contributed by atoms with Gasteiger partial charge >= 0.3 is 6.09 Å². The van der Waals surface area contributed by atoms with Crippen LogP contribution in [0.2, 0.25) is 0 Å². The number of nitrogen functional groups attached to an aromatic ring is 1. The monoisotopic (exact) mass is 496 g/mol. The molecule has 10 heteroatoms. The molecule has 3 aromatic rings. The fraction of sp³-hybridized carbons (Fsp3) is 0.423. The Bertz CT molecular complexity index is 1210. The molecule has 2 heterocycles. The second-order valence-corrected chi connectivity index (χ2v) is 9.21. The van der Waals surface area contributed by atoms with E-state index in [4.69, 9.17) is 19.6 Å². The summed E-state index contributed by atoms with van der Waals surface area (Å²) >= 11 is 0. The number of benzene rings is 2. The molecule has 4 N–H and O–H groups in total. The molecule has 1 aliphatic heterocycles. The Morgan fingerprint density at radius 3 is 2.53 bits per heavy atom. The number of carbonyl (C=O) groups excluding carboxylic acids is 2. The zero-order valence-corrected chi connectivity index (χ0v) is 20.7. The van der Waals surface area contributed by atoms with E-state index < -0.39 is 6.10 Å². The van der Waals surface area contributed by atoms with E-state index in [9.17, 15) is 14.7 Å². The number of amides is 2. The molecule has 0 spiro atoms. The highest BCUT2D eigenvalue weighted by Crippen LogP contribution is 2.32. The molecule has 0 saturated carbocycles. The number of carbonyl (C=O) groups is 2. The van der Waals surface area contributed by atoms with Crippen LogP contribution in [0.5, 0.6) is 0 Å². The summed E-state index contributed by atoms with van der Waals surface area (Å²) in [7, 11) is 0. The molecular formula is C26H32N4O6. The second-order valence-electron chi connectivity index (χ2n) is 9.21. The van der Waals surface area contributed by atoms with Crippen molar-refractivity contribution < 1.29 is 28.6 Å². The molecule has 1 aliphatic rings. The summed E-state index contributed by atoms with van der Waals surface area (Å²) < 4.78 is 16.9. The molecule has 1 fully saturated rings. The van der Waals surface area contributed by atoms with Crippen LogP contribution < -0.4 is 11.1 Å². The van der Waals surface area contributed by atoms with E-state index in [-0.39, 0.29) is 30.8 Å². The Morgan fingerprint density at radius 1 is 1.19 bits per heavy atom. The number of ether oxygens (including phenoxy) is 2. The molecule has 1 atom stereocenters. The topological polar surface area (TPSA) is 140 Å². The number of nitrogens with two attached hydrogens (primary N) is 1. The van der Waals surface area contributed by atoms with Gasteiger partial charge in [0.2, 0.25) is 11.8 Å². The van der Waals surface area contributed by atoms with Crippen molar-refractivity contribution in [3.63, 3.8) is 0 Å². The minimum atomic E-state index is -0.745. The number of aliphatic hydroxyl groups excluding tert-OH is 1. The van der Waals surface area contributed by atoms with Gasteiger partial charge in [-0.2, -0.15) is 0 Å². The van der Waals surface area contributed by atoms with Crippen molar-refractivity contribution in [2.24, 2.45) is 0 Å². The van der Waals surface area contributed by atoms with Gasteiger partial charge in [0.25, 0.3) is 0 Å². The summed E-state index contributed by atoms with van der Waals surface area (Å²) in [6, 6.07) is 10.5. The van der Waals surface area contributed by atoms with Crippen LogP contribution >= 0.6 is 0 Å². The average molecular weight is 497 g/mol. The van der Waals surface area contributed by atoms with Gasteiger partial charge in [-0.05, 0) is 70.0 Å². The number of piperidine rings is 1. The van der Waals surface area contributed by atoms with Crippen LogP contribution in [0.3, 0.4) is 0 Å². The van der Waals surface area contributed by atoms with Crippen molar-refractivity contribution in [2.45, 2.75) is 51.9 Å². The highest BCUT2D eigenvalue weighted by molar-refractivity contribution is 5.92. The lowest BCUT2D eigenvalue weighted by Crippen LogP contribution is -2.42. The number of aromatic nitrogens is 1. The number of hydrogen-bond donors (Lipinski definition) is 3. The van der Waals surface area contributed by atoms with Crippen LogP contribution in [0, 0.1) is 0 Å². The molecule has 1 saturated heterocycles.